The lowest BCUT2D eigenvalue weighted by Crippen LogP contribution is -2.43. The second-order valence-corrected chi connectivity index (χ2v) is 6.11. The van der Waals surface area contributed by atoms with Crippen molar-refractivity contribution in [2.45, 2.75) is 39.3 Å². The standard InChI is InChI=1S/C17H29N3/c1-4-5-15(2)18-17-8-6-16(7-9-17)14-20-12-10-19(3)11-13-20/h6-9,15,18H,4-5,10-14H2,1-3H3. The first-order valence-corrected chi connectivity index (χ1v) is 7.93. The van der Waals surface area contributed by atoms with E-state index in [4.69, 9.17) is 0 Å². The Kier molecular flexibility index (Phi) is 5.86. The first-order valence-electron chi connectivity index (χ1n) is 7.93. The molecule has 3 heteroatoms. The molecule has 0 radical (unpaired) electrons. The topological polar surface area (TPSA) is 18.5 Å². The molecule has 20 heavy (non-hydrogen) atoms. The highest BCUT2D eigenvalue weighted by atomic mass is 15.2. The molecule has 0 saturated carbocycles. The van der Waals surface area contributed by atoms with E-state index in [9.17, 15) is 0 Å². The number of nitrogens with one attached hydrogen (secondary N) is 1. The Bertz CT molecular complexity index is 380. The van der Waals surface area contributed by atoms with Crippen molar-refractivity contribution in [3.8, 4) is 0 Å². The van der Waals surface area contributed by atoms with Gasteiger partial charge in [0, 0.05) is 44.5 Å². The molecule has 112 valence electrons. The van der Waals surface area contributed by atoms with Crippen molar-refractivity contribution < 1.29 is 0 Å². The highest BCUT2D eigenvalue weighted by Gasteiger charge is 2.13. The summed E-state index contributed by atoms with van der Waals surface area (Å²) in [5, 5.41) is 3.56. The molecule has 0 spiro atoms. The summed E-state index contributed by atoms with van der Waals surface area (Å²) < 4.78 is 0. The number of anilines is 1. The second kappa shape index (κ2) is 7.65. The SMILES string of the molecule is CCCC(C)Nc1ccc(CN2CCN(C)CC2)cc1. The lowest BCUT2D eigenvalue weighted by molar-refractivity contribution is 0.148. The third-order valence-electron chi connectivity index (χ3n) is 4.09. The minimum atomic E-state index is 0.559. The Hall–Kier alpha value is -1.06. The van der Waals surface area contributed by atoms with Crippen LogP contribution in [0.4, 0.5) is 5.69 Å². The predicted molar refractivity (Wildman–Crippen MR) is 87.2 cm³/mol. The van der Waals surface area contributed by atoms with Crippen LogP contribution in [0.5, 0.6) is 0 Å². The number of hydrogen-bond donors (Lipinski definition) is 1. The van der Waals surface area contributed by atoms with Gasteiger partial charge in [-0.25, -0.2) is 0 Å². The molecule has 0 amide bonds. The summed E-state index contributed by atoms with van der Waals surface area (Å²) in [4.78, 5) is 4.95. The van der Waals surface area contributed by atoms with E-state index in [1.54, 1.807) is 0 Å². The number of benzene rings is 1. The van der Waals surface area contributed by atoms with E-state index in [1.807, 2.05) is 0 Å². The number of nitrogens with zero attached hydrogens (tertiary/aromatic N) is 2. The Balaban J connectivity index is 1.82. The van der Waals surface area contributed by atoms with Gasteiger partial charge in [-0.2, -0.15) is 0 Å². The van der Waals surface area contributed by atoms with Crippen LogP contribution < -0.4 is 5.32 Å². The molecule has 1 unspecified atom stereocenters. The van der Waals surface area contributed by atoms with Crippen molar-refractivity contribution in [2.75, 3.05) is 38.5 Å². The van der Waals surface area contributed by atoms with E-state index < -0.39 is 0 Å². The zero-order valence-corrected chi connectivity index (χ0v) is 13.2. The summed E-state index contributed by atoms with van der Waals surface area (Å²) >= 11 is 0. The highest BCUT2D eigenvalue weighted by molar-refractivity contribution is 5.45. The van der Waals surface area contributed by atoms with E-state index in [1.165, 1.54) is 50.3 Å². The quantitative estimate of drug-likeness (QED) is 0.861. The highest BCUT2D eigenvalue weighted by Crippen LogP contribution is 2.14. The summed E-state index contributed by atoms with van der Waals surface area (Å²) in [6.07, 6.45) is 2.46. The van der Waals surface area contributed by atoms with Crippen molar-refractivity contribution >= 4 is 5.69 Å². The van der Waals surface area contributed by atoms with Gasteiger partial charge >= 0.3 is 0 Å². The molecule has 3 nitrogen and oxygen atoms in total. The number of likely N-dealkylation sites (N-methyl/N-ethyl adjacent to an activating group) is 1. The molecule has 1 atom stereocenters. The van der Waals surface area contributed by atoms with Crippen LogP contribution in [-0.4, -0.2) is 49.1 Å². The molecule has 1 saturated heterocycles. The fourth-order valence-electron chi connectivity index (χ4n) is 2.76. The maximum atomic E-state index is 3.56. The minimum absolute atomic E-state index is 0.559. The van der Waals surface area contributed by atoms with Crippen LogP contribution in [0.3, 0.4) is 0 Å². The first kappa shape index (κ1) is 15.3. The summed E-state index contributed by atoms with van der Waals surface area (Å²) in [6.45, 7) is 10.3. The monoisotopic (exact) mass is 275 g/mol. The van der Waals surface area contributed by atoms with Gasteiger partial charge in [-0.15, -0.1) is 0 Å². The largest absolute Gasteiger partial charge is 0.383 e. The van der Waals surface area contributed by atoms with Gasteiger partial charge in [-0.05, 0) is 38.1 Å². The molecule has 1 aromatic rings. The van der Waals surface area contributed by atoms with Gasteiger partial charge in [0.1, 0.15) is 0 Å². The normalized spacial score (nSPS) is 18.9. The maximum Gasteiger partial charge on any atom is 0.0342 e. The van der Waals surface area contributed by atoms with E-state index in [0.717, 1.165) is 6.54 Å². The molecule has 1 fully saturated rings. The van der Waals surface area contributed by atoms with Crippen LogP contribution in [-0.2, 0) is 6.54 Å². The molecule has 0 aromatic heterocycles. The molecule has 0 bridgehead atoms. The Morgan fingerprint density at radius 1 is 1.10 bits per heavy atom. The molecule has 1 aliphatic rings. The maximum absolute atomic E-state index is 3.56. The third-order valence-corrected chi connectivity index (χ3v) is 4.09. The number of hydrogen-bond acceptors (Lipinski definition) is 3. The van der Waals surface area contributed by atoms with Crippen molar-refractivity contribution in [2.24, 2.45) is 0 Å². The number of rotatable bonds is 6. The van der Waals surface area contributed by atoms with Crippen LogP contribution in [0.15, 0.2) is 24.3 Å². The van der Waals surface area contributed by atoms with Crippen LogP contribution in [0.2, 0.25) is 0 Å². The summed E-state index contributed by atoms with van der Waals surface area (Å²) in [7, 11) is 2.20. The first-order chi connectivity index (χ1) is 9.67. The van der Waals surface area contributed by atoms with Crippen LogP contribution in [0.25, 0.3) is 0 Å². The summed E-state index contributed by atoms with van der Waals surface area (Å²) in [6, 6.07) is 9.52. The van der Waals surface area contributed by atoms with Crippen molar-refractivity contribution in [3.05, 3.63) is 29.8 Å². The number of piperazine rings is 1. The van der Waals surface area contributed by atoms with Gasteiger partial charge in [0.2, 0.25) is 0 Å². The van der Waals surface area contributed by atoms with Gasteiger partial charge in [0.25, 0.3) is 0 Å². The van der Waals surface area contributed by atoms with E-state index in [-0.39, 0.29) is 0 Å². The van der Waals surface area contributed by atoms with Crippen LogP contribution >= 0.6 is 0 Å². The average molecular weight is 275 g/mol. The van der Waals surface area contributed by atoms with Crippen LogP contribution in [0, 0.1) is 0 Å². The van der Waals surface area contributed by atoms with E-state index in [2.05, 4.69) is 60.3 Å². The summed E-state index contributed by atoms with van der Waals surface area (Å²) in [5.74, 6) is 0. The van der Waals surface area contributed by atoms with Gasteiger partial charge in [0.05, 0.1) is 0 Å². The molecular weight excluding hydrogens is 246 g/mol. The Labute approximate surface area is 124 Å². The average Bonchev–Trinajstić information content (AvgIpc) is 2.44. The zero-order chi connectivity index (χ0) is 14.4. The lowest BCUT2D eigenvalue weighted by Gasteiger charge is -2.32. The smallest absolute Gasteiger partial charge is 0.0342 e. The molecule has 1 aromatic carbocycles. The molecule has 1 N–H and O–H groups in total. The van der Waals surface area contributed by atoms with Crippen LogP contribution in [0.1, 0.15) is 32.3 Å². The van der Waals surface area contributed by atoms with Gasteiger partial charge < -0.3 is 10.2 Å². The molecule has 1 heterocycles. The van der Waals surface area contributed by atoms with Crippen molar-refractivity contribution in [1.82, 2.24) is 9.80 Å². The Morgan fingerprint density at radius 3 is 2.35 bits per heavy atom. The third kappa shape index (κ3) is 4.80. The fraction of sp³-hybridized carbons (Fsp3) is 0.647. The molecule has 2 rings (SSSR count). The fourth-order valence-corrected chi connectivity index (χ4v) is 2.76. The second-order valence-electron chi connectivity index (χ2n) is 6.11. The predicted octanol–water partition coefficient (Wildman–Crippen LogP) is 3.03. The molecule has 0 aliphatic carbocycles. The molecule has 1 aliphatic heterocycles. The minimum Gasteiger partial charge on any atom is -0.383 e. The zero-order valence-electron chi connectivity index (χ0n) is 13.2. The molecular formula is C17H29N3. The Morgan fingerprint density at radius 2 is 1.75 bits per heavy atom. The van der Waals surface area contributed by atoms with Gasteiger partial charge in [0.15, 0.2) is 0 Å². The van der Waals surface area contributed by atoms with Gasteiger partial charge in [-0.1, -0.05) is 25.5 Å². The van der Waals surface area contributed by atoms with E-state index >= 15 is 0 Å². The van der Waals surface area contributed by atoms with Crippen molar-refractivity contribution in [1.29, 1.82) is 0 Å². The summed E-state index contributed by atoms with van der Waals surface area (Å²) in [5.41, 5.74) is 2.66. The van der Waals surface area contributed by atoms with Gasteiger partial charge in [-0.3, -0.25) is 4.90 Å². The lowest BCUT2D eigenvalue weighted by atomic mass is 10.1. The van der Waals surface area contributed by atoms with Crippen molar-refractivity contribution in [3.63, 3.8) is 0 Å². The van der Waals surface area contributed by atoms with E-state index in [0.29, 0.717) is 6.04 Å².